The lowest BCUT2D eigenvalue weighted by atomic mass is 10.1. The van der Waals surface area contributed by atoms with Gasteiger partial charge in [0.15, 0.2) is 5.82 Å². The number of hydrogen-bond donors (Lipinski definition) is 2. The molecule has 2 heterocycles. The first-order valence-corrected chi connectivity index (χ1v) is 9.00. The molecule has 0 aliphatic carbocycles. The van der Waals surface area contributed by atoms with Gasteiger partial charge in [0, 0.05) is 18.9 Å². The van der Waals surface area contributed by atoms with Crippen LogP contribution < -0.4 is 10.9 Å². The van der Waals surface area contributed by atoms with Crippen LogP contribution in [0.3, 0.4) is 0 Å². The topological polar surface area (TPSA) is 113 Å². The van der Waals surface area contributed by atoms with Crippen molar-refractivity contribution >= 4 is 5.91 Å². The lowest BCUT2D eigenvalue weighted by Gasteiger charge is -2.08. The van der Waals surface area contributed by atoms with Gasteiger partial charge in [-0.25, -0.2) is 9.67 Å². The quantitative estimate of drug-likeness (QED) is 0.559. The van der Waals surface area contributed by atoms with E-state index in [9.17, 15) is 22.8 Å². The number of pyridine rings is 1. The molecule has 0 spiro atoms. The number of halogens is 3. The molecule has 0 aliphatic heterocycles. The minimum atomic E-state index is -4.75. The highest BCUT2D eigenvalue weighted by atomic mass is 19.4. The van der Waals surface area contributed by atoms with Gasteiger partial charge >= 0.3 is 6.36 Å². The molecule has 0 unspecified atom stereocenters. The molecule has 3 aromatic rings. The van der Waals surface area contributed by atoms with Crippen LogP contribution in [-0.2, 0) is 11.2 Å². The Hall–Kier alpha value is -3.91. The second-order valence-corrected chi connectivity index (χ2v) is 6.34. The number of carbonyl (C=O) groups is 1. The molecule has 0 saturated heterocycles. The van der Waals surface area contributed by atoms with Crippen LogP contribution in [0.15, 0.2) is 53.6 Å². The summed E-state index contributed by atoms with van der Waals surface area (Å²) in [5, 5.41) is 13.6. The molecule has 2 aromatic heterocycles. The number of nitriles is 1. The van der Waals surface area contributed by atoms with Crippen LogP contribution in [0.2, 0.25) is 0 Å². The van der Waals surface area contributed by atoms with Crippen LogP contribution >= 0.6 is 0 Å². The maximum atomic E-state index is 12.3. The summed E-state index contributed by atoms with van der Waals surface area (Å²) in [6, 6.07) is 12.0. The number of ether oxygens (including phenoxy) is 1. The van der Waals surface area contributed by atoms with E-state index < -0.39 is 18.9 Å². The molecule has 8 nitrogen and oxygen atoms in total. The zero-order valence-corrected chi connectivity index (χ0v) is 15.9. The third-order valence-electron chi connectivity index (χ3n) is 4.18. The number of hydrogen-bond acceptors (Lipinski definition) is 5. The van der Waals surface area contributed by atoms with Crippen molar-refractivity contribution in [1.29, 1.82) is 5.26 Å². The van der Waals surface area contributed by atoms with Crippen LogP contribution in [-0.4, -0.2) is 40.2 Å². The second kappa shape index (κ2) is 9.27. The summed E-state index contributed by atoms with van der Waals surface area (Å²) >= 11 is 0. The average molecular weight is 431 g/mol. The molecule has 0 radical (unpaired) electrons. The number of carbonyl (C=O) groups excluding carboxylic acids is 1. The molecule has 0 aliphatic rings. The predicted octanol–water partition coefficient (Wildman–Crippen LogP) is 2.56. The molecule has 0 fully saturated rings. The first-order valence-electron chi connectivity index (χ1n) is 9.00. The largest absolute Gasteiger partial charge is 0.522 e. The summed E-state index contributed by atoms with van der Waals surface area (Å²) in [7, 11) is 0. The smallest absolute Gasteiger partial charge is 0.350 e. The first-order chi connectivity index (χ1) is 14.8. The van der Waals surface area contributed by atoms with E-state index in [-0.39, 0.29) is 24.1 Å². The van der Waals surface area contributed by atoms with Gasteiger partial charge in [0.05, 0.1) is 30.2 Å². The van der Waals surface area contributed by atoms with Crippen molar-refractivity contribution in [1.82, 2.24) is 20.1 Å². The molecular formula is C20H16F3N5O3. The van der Waals surface area contributed by atoms with Crippen LogP contribution in [0, 0.1) is 11.3 Å². The van der Waals surface area contributed by atoms with Gasteiger partial charge in [0.25, 0.3) is 11.5 Å². The number of H-pyrrole nitrogens is 1. The fourth-order valence-corrected chi connectivity index (χ4v) is 2.71. The third-order valence-corrected chi connectivity index (χ3v) is 4.18. The molecule has 31 heavy (non-hydrogen) atoms. The van der Waals surface area contributed by atoms with E-state index in [1.54, 1.807) is 30.5 Å². The van der Waals surface area contributed by atoms with E-state index in [0.717, 1.165) is 5.56 Å². The van der Waals surface area contributed by atoms with E-state index in [4.69, 9.17) is 5.26 Å². The van der Waals surface area contributed by atoms with Crippen LogP contribution in [0.4, 0.5) is 13.2 Å². The van der Waals surface area contributed by atoms with Gasteiger partial charge in [-0.2, -0.15) is 5.26 Å². The lowest BCUT2D eigenvalue weighted by Crippen LogP contribution is -2.29. The van der Waals surface area contributed by atoms with E-state index in [1.165, 1.54) is 23.0 Å². The minimum absolute atomic E-state index is 0.138. The van der Waals surface area contributed by atoms with Crippen molar-refractivity contribution in [3.63, 3.8) is 0 Å². The third kappa shape index (κ3) is 5.80. The highest BCUT2D eigenvalue weighted by Crippen LogP contribution is 2.18. The molecule has 0 saturated carbocycles. The average Bonchev–Trinajstić information content (AvgIpc) is 3.13. The molecule has 160 valence electrons. The van der Waals surface area contributed by atoms with E-state index >= 15 is 0 Å². The second-order valence-electron chi connectivity index (χ2n) is 6.34. The minimum Gasteiger partial charge on any atom is -0.350 e. The predicted molar refractivity (Wildman–Crippen MR) is 103 cm³/mol. The SMILES string of the molecule is N#CCc1ccc(-c2cn(-c3ccc(C(=O)NCCOC(F)(F)F)cn3)[nH]c2=O)cc1. The summed E-state index contributed by atoms with van der Waals surface area (Å²) in [4.78, 5) is 28.4. The Morgan fingerprint density at radius 3 is 2.58 bits per heavy atom. The van der Waals surface area contributed by atoms with Gasteiger partial charge < -0.3 is 5.32 Å². The number of alkyl halides is 3. The number of aromatic amines is 1. The number of amides is 1. The monoisotopic (exact) mass is 431 g/mol. The van der Waals surface area contributed by atoms with Gasteiger partial charge in [-0.05, 0) is 23.3 Å². The molecule has 0 bridgehead atoms. The number of nitrogens with one attached hydrogen (secondary N) is 2. The molecule has 0 atom stereocenters. The standard InChI is InChI=1S/C20H16F3N5O3/c21-20(22,23)31-10-9-25-18(29)15-5-6-17(26-11-15)28-12-16(19(30)27-28)14-3-1-13(2-4-14)7-8-24/h1-6,11-12H,7,9-10H2,(H,25,29)(H,27,30). The van der Waals surface area contributed by atoms with E-state index in [2.05, 4.69) is 26.2 Å². The fraction of sp³-hybridized carbons (Fsp3) is 0.200. The highest BCUT2D eigenvalue weighted by Gasteiger charge is 2.28. The Kier molecular flexibility index (Phi) is 6.52. The summed E-state index contributed by atoms with van der Waals surface area (Å²) < 4.78 is 40.7. The van der Waals surface area contributed by atoms with Crippen LogP contribution in [0.1, 0.15) is 15.9 Å². The van der Waals surface area contributed by atoms with Crippen molar-refractivity contribution in [3.05, 3.63) is 70.3 Å². The molecule has 2 N–H and O–H groups in total. The van der Waals surface area contributed by atoms with Crippen molar-refractivity contribution in [2.75, 3.05) is 13.2 Å². The Morgan fingerprint density at radius 1 is 1.23 bits per heavy atom. The molecule has 11 heteroatoms. The number of benzene rings is 1. The van der Waals surface area contributed by atoms with Gasteiger partial charge in [-0.3, -0.25) is 19.4 Å². The van der Waals surface area contributed by atoms with Crippen molar-refractivity contribution in [2.24, 2.45) is 0 Å². The summed E-state index contributed by atoms with van der Waals surface area (Å²) in [5.41, 5.74) is 1.69. The van der Waals surface area contributed by atoms with Crippen LogP contribution in [0.25, 0.3) is 16.9 Å². The van der Waals surface area contributed by atoms with Crippen LogP contribution in [0.5, 0.6) is 0 Å². The first kappa shape index (κ1) is 21.8. The summed E-state index contributed by atoms with van der Waals surface area (Å²) in [6.45, 7) is -1.02. The maximum absolute atomic E-state index is 12.3. The Bertz CT molecular complexity index is 1140. The molecule has 1 aromatic carbocycles. The molecular weight excluding hydrogens is 415 g/mol. The van der Waals surface area contributed by atoms with Gasteiger partial charge in [-0.15, -0.1) is 13.2 Å². The molecule has 1 amide bonds. The lowest BCUT2D eigenvalue weighted by molar-refractivity contribution is -0.323. The molecule has 3 rings (SSSR count). The summed E-state index contributed by atoms with van der Waals surface area (Å²) in [6.07, 6.45) is -1.68. The van der Waals surface area contributed by atoms with Crippen molar-refractivity contribution in [3.8, 4) is 23.0 Å². The zero-order valence-electron chi connectivity index (χ0n) is 15.9. The van der Waals surface area contributed by atoms with Gasteiger partial charge in [-0.1, -0.05) is 24.3 Å². The highest BCUT2D eigenvalue weighted by molar-refractivity contribution is 5.93. The van der Waals surface area contributed by atoms with Crippen molar-refractivity contribution in [2.45, 2.75) is 12.8 Å². The number of nitrogens with zero attached hydrogens (tertiary/aromatic N) is 3. The number of aromatic nitrogens is 3. The maximum Gasteiger partial charge on any atom is 0.522 e. The zero-order chi connectivity index (χ0) is 22.4. The normalized spacial score (nSPS) is 11.2. The Balaban J connectivity index is 1.67. The Labute approximate surface area is 173 Å². The van der Waals surface area contributed by atoms with E-state index in [0.29, 0.717) is 16.9 Å². The van der Waals surface area contributed by atoms with E-state index in [1.807, 2.05) is 0 Å². The van der Waals surface area contributed by atoms with Gasteiger partial charge in [0.2, 0.25) is 0 Å². The Morgan fingerprint density at radius 2 is 1.97 bits per heavy atom. The van der Waals surface area contributed by atoms with Crippen molar-refractivity contribution < 1.29 is 22.7 Å². The number of rotatable bonds is 7. The van der Waals surface area contributed by atoms with Gasteiger partial charge in [0.1, 0.15) is 0 Å². The fourth-order valence-electron chi connectivity index (χ4n) is 2.71. The summed E-state index contributed by atoms with van der Waals surface area (Å²) in [5.74, 6) is -0.273.